The molecule has 27 heteroatoms. The number of allylic oxidation sites excluding steroid dienone is 3. The number of nitrogen functional groups attached to an aromatic ring is 2. The van der Waals surface area contributed by atoms with Crippen molar-refractivity contribution in [2.24, 2.45) is 21.7 Å². The number of hydrogen-bond acceptors (Lipinski definition) is 23. The number of aliphatic hydroxyl groups is 1. The molecule has 384 valence electrons. The Hall–Kier alpha value is -5.68. The zero-order valence-corrected chi connectivity index (χ0v) is 42.9. The van der Waals surface area contributed by atoms with Gasteiger partial charge in [0.05, 0.1) is 53.2 Å². The molecular formula is C42H66N10O15P2. The molecule has 0 aromatic carbocycles. The van der Waals surface area contributed by atoms with E-state index < -0.39 is 87.9 Å². The number of anilines is 2. The number of imidazole rings is 2. The van der Waals surface area contributed by atoms with Crippen LogP contribution in [0.3, 0.4) is 0 Å². The van der Waals surface area contributed by atoms with E-state index in [-0.39, 0.29) is 24.7 Å². The molecule has 0 aliphatic heterocycles. The number of hydrogen-bond donors (Lipinski definition) is 4. The third-order valence-corrected chi connectivity index (χ3v) is 11.6. The number of nitrogens with two attached hydrogens (primary N) is 2. The van der Waals surface area contributed by atoms with Crippen molar-refractivity contribution in [3.8, 4) is 0 Å². The molecule has 6 N–H and O–H groups in total. The van der Waals surface area contributed by atoms with Gasteiger partial charge in [-0.2, -0.15) is 0 Å². The fraction of sp³-hybridized carbons (Fsp3) is 0.571. The first-order valence-corrected chi connectivity index (χ1v) is 24.5. The molecule has 0 fully saturated rings. The van der Waals surface area contributed by atoms with Gasteiger partial charge in [-0.1, -0.05) is 24.3 Å². The minimum absolute atomic E-state index is 0.156. The van der Waals surface area contributed by atoms with Crippen LogP contribution in [0.25, 0.3) is 22.3 Å². The summed E-state index contributed by atoms with van der Waals surface area (Å²) in [7, 11) is -7.53. The first kappa shape index (κ1) is 59.4. The van der Waals surface area contributed by atoms with Gasteiger partial charge in [0.25, 0.3) is 0 Å². The van der Waals surface area contributed by atoms with Crippen LogP contribution < -0.4 is 11.5 Å². The van der Waals surface area contributed by atoms with Crippen LogP contribution in [0.15, 0.2) is 49.6 Å². The Kier molecular flexibility index (Phi) is 22.7. The standard InChI is InChI=1S/C21H32N5O7P.C16H29O8P.C5H5N5/c1-20(2,3)18(27)30-13-32-34(29,33-14-31-19(28)21(4,5)6)10-8-7-9-26-12-25-15-16(22)23-11-24-17(15)26;1-15(2,3)13(18)21-11-23-25(20,10-8-7-9-17)24-12-22-14(19)16(4,5)6;6-4-3-5(9-1-7-3)10-2-8-4/h7-8,11-12H,9-10,13-14H2,1-6H3,(H2,22,23,24);7-8,17H,9-12H2,1-6H3;1-2H,(H3,6,7,8,9,10)/b2*8-7+;. The third kappa shape index (κ3) is 21.2. The van der Waals surface area contributed by atoms with Gasteiger partial charge < -0.3 is 45.1 Å². The summed E-state index contributed by atoms with van der Waals surface area (Å²) in [5.74, 6) is -1.40. The monoisotopic (exact) mass is 1010 g/mol. The van der Waals surface area contributed by atoms with E-state index in [0.29, 0.717) is 34.7 Å². The molecule has 0 spiro atoms. The topological polar surface area (TPSA) is 347 Å². The summed E-state index contributed by atoms with van der Waals surface area (Å²) in [5.41, 5.74) is 10.6. The predicted molar refractivity (Wildman–Crippen MR) is 252 cm³/mol. The van der Waals surface area contributed by atoms with Crippen molar-refractivity contribution in [2.75, 3.05) is 57.6 Å². The lowest BCUT2D eigenvalue weighted by Crippen LogP contribution is -2.25. The van der Waals surface area contributed by atoms with E-state index in [1.807, 2.05) is 0 Å². The van der Waals surface area contributed by atoms with E-state index in [9.17, 15) is 28.3 Å². The van der Waals surface area contributed by atoms with Gasteiger partial charge in [-0.05, 0) is 83.1 Å². The number of nitrogens with one attached hydrogen (secondary N) is 1. The highest BCUT2D eigenvalue weighted by molar-refractivity contribution is 7.54. The SMILES string of the molecule is CC(C)(C)C(=O)OCOP(=O)(C/C=C/CO)OCOC(=O)C(C)(C)C.CC(C)(C)C(=O)OCOP(=O)(C/C=C/Cn1cnc2c(N)ncnc21)OCOC(=O)C(C)(C)C.Nc1ncnc2nc[nH]c12. The summed E-state index contributed by atoms with van der Waals surface area (Å²) in [6.45, 7) is 17.9. The summed E-state index contributed by atoms with van der Waals surface area (Å²) >= 11 is 0. The quantitative estimate of drug-likeness (QED) is 0.0272. The molecule has 0 atom stereocenters. The summed E-state index contributed by atoms with van der Waals surface area (Å²) in [6.07, 6.45) is 11.5. The average Bonchev–Trinajstić information content (AvgIpc) is 3.91. The maximum Gasteiger partial charge on any atom is 0.340 e. The predicted octanol–water partition coefficient (Wildman–Crippen LogP) is 6.07. The van der Waals surface area contributed by atoms with Gasteiger partial charge in [0.2, 0.25) is 27.2 Å². The lowest BCUT2D eigenvalue weighted by atomic mass is 9.98. The molecule has 0 amide bonds. The Balaban J connectivity index is 0.000000404. The smallest absolute Gasteiger partial charge is 0.340 e. The summed E-state index contributed by atoms with van der Waals surface area (Å²) in [5, 5.41) is 8.74. The number of nitrogens with zero attached hydrogens (tertiary/aromatic N) is 7. The lowest BCUT2D eigenvalue weighted by Gasteiger charge is -2.21. The van der Waals surface area contributed by atoms with Crippen molar-refractivity contribution in [2.45, 2.75) is 89.6 Å². The van der Waals surface area contributed by atoms with Crippen molar-refractivity contribution in [3.63, 3.8) is 0 Å². The van der Waals surface area contributed by atoms with E-state index in [4.69, 9.17) is 53.6 Å². The number of aliphatic hydroxyl groups excluding tert-OH is 1. The number of carbonyl (C=O) groups is 4. The average molecular weight is 1010 g/mol. The van der Waals surface area contributed by atoms with Crippen molar-refractivity contribution in [1.29, 1.82) is 0 Å². The fourth-order valence-electron chi connectivity index (χ4n) is 4.28. The Morgan fingerprint density at radius 1 is 0.594 bits per heavy atom. The van der Waals surface area contributed by atoms with Gasteiger partial charge in [-0.3, -0.25) is 46.4 Å². The minimum atomic E-state index is -3.81. The normalized spacial score (nSPS) is 12.6. The van der Waals surface area contributed by atoms with Crippen LogP contribution in [0.5, 0.6) is 0 Å². The van der Waals surface area contributed by atoms with E-state index in [0.717, 1.165) is 0 Å². The molecule has 4 aromatic heterocycles. The maximum absolute atomic E-state index is 13.2. The second-order valence-electron chi connectivity index (χ2n) is 18.6. The van der Waals surface area contributed by atoms with Gasteiger partial charge in [0, 0.05) is 6.54 Å². The van der Waals surface area contributed by atoms with Crippen molar-refractivity contribution in [3.05, 3.63) is 49.6 Å². The molecule has 4 rings (SSSR count). The van der Waals surface area contributed by atoms with E-state index >= 15 is 0 Å². The molecule has 0 bridgehead atoms. The van der Waals surface area contributed by atoms with E-state index in [1.54, 1.807) is 106 Å². The van der Waals surface area contributed by atoms with Crippen LogP contribution in [0.4, 0.5) is 11.6 Å². The molecule has 0 saturated carbocycles. The lowest BCUT2D eigenvalue weighted by molar-refractivity contribution is -0.163. The van der Waals surface area contributed by atoms with Crippen molar-refractivity contribution in [1.82, 2.24) is 39.5 Å². The zero-order chi connectivity index (χ0) is 52.3. The number of fused-ring (bicyclic) bond motifs is 2. The summed E-state index contributed by atoms with van der Waals surface area (Å²) in [6, 6.07) is 0. The largest absolute Gasteiger partial charge is 0.438 e. The zero-order valence-electron chi connectivity index (χ0n) is 41.1. The van der Waals surface area contributed by atoms with Gasteiger partial charge >= 0.3 is 39.1 Å². The highest BCUT2D eigenvalue weighted by Crippen LogP contribution is 2.49. The Morgan fingerprint density at radius 2 is 1.00 bits per heavy atom. The number of H-pyrrole nitrogens is 1. The van der Waals surface area contributed by atoms with Crippen LogP contribution in [0.2, 0.25) is 0 Å². The number of carbonyl (C=O) groups excluding carboxylic acids is 4. The van der Waals surface area contributed by atoms with Crippen molar-refractivity contribution < 1.29 is 70.5 Å². The fourth-order valence-corrected chi connectivity index (χ4v) is 6.52. The molecule has 4 aromatic rings. The number of aromatic amines is 1. The van der Waals surface area contributed by atoms with Crippen molar-refractivity contribution >= 4 is 73.0 Å². The summed E-state index contributed by atoms with van der Waals surface area (Å²) < 4.78 is 68.0. The van der Waals surface area contributed by atoms with Gasteiger partial charge in [-0.15, -0.1) is 0 Å². The van der Waals surface area contributed by atoms with Gasteiger partial charge in [0.15, 0.2) is 22.9 Å². The van der Waals surface area contributed by atoms with Gasteiger partial charge in [0.1, 0.15) is 23.7 Å². The number of aromatic nitrogens is 8. The van der Waals surface area contributed by atoms with Gasteiger partial charge in [-0.25, -0.2) is 29.9 Å². The second-order valence-corrected chi connectivity index (χ2v) is 22.8. The second kappa shape index (κ2) is 26.3. The van der Waals surface area contributed by atoms with Crippen LogP contribution in [-0.4, -0.2) is 115 Å². The van der Waals surface area contributed by atoms with E-state index in [2.05, 4.69) is 34.9 Å². The third-order valence-electron chi connectivity index (χ3n) is 8.29. The Morgan fingerprint density at radius 3 is 1.41 bits per heavy atom. The molecule has 0 radical (unpaired) electrons. The molecular weight excluding hydrogens is 946 g/mol. The van der Waals surface area contributed by atoms with Crippen LogP contribution in [-0.2, 0) is 71.9 Å². The number of ether oxygens (including phenoxy) is 4. The highest BCUT2D eigenvalue weighted by Gasteiger charge is 2.31. The number of rotatable bonds is 19. The molecule has 0 aliphatic carbocycles. The molecule has 69 heavy (non-hydrogen) atoms. The number of esters is 4. The van der Waals surface area contributed by atoms with Crippen LogP contribution in [0.1, 0.15) is 83.1 Å². The molecule has 25 nitrogen and oxygen atoms in total. The highest BCUT2D eigenvalue weighted by atomic mass is 31.2. The first-order chi connectivity index (χ1) is 31.9. The molecule has 4 heterocycles. The summed E-state index contributed by atoms with van der Waals surface area (Å²) in [4.78, 5) is 73.8. The molecule has 0 aliphatic rings. The first-order valence-electron chi connectivity index (χ1n) is 21.1. The Labute approximate surface area is 400 Å². The van der Waals surface area contributed by atoms with E-state index in [1.165, 1.54) is 31.1 Å². The molecule has 0 unspecified atom stereocenters. The van der Waals surface area contributed by atoms with Crippen LogP contribution in [0, 0.1) is 21.7 Å². The maximum atomic E-state index is 13.2. The Bertz CT molecular complexity index is 2390. The molecule has 0 saturated heterocycles. The minimum Gasteiger partial charge on any atom is -0.438 e. The van der Waals surface area contributed by atoms with Crippen LogP contribution >= 0.6 is 15.2 Å².